The third kappa shape index (κ3) is 4.01. The van der Waals surface area contributed by atoms with E-state index >= 15 is 0 Å². The molecule has 0 aliphatic carbocycles. The average Bonchev–Trinajstić information content (AvgIpc) is 3.15. The minimum Gasteiger partial charge on any atom is -0.235 e. The second kappa shape index (κ2) is 7.91. The molecule has 3 aromatic carbocycles. The summed E-state index contributed by atoms with van der Waals surface area (Å²) in [6.07, 6.45) is 1.14. The Morgan fingerprint density at radius 1 is 0.933 bits per heavy atom. The summed E-state index contributed by atoms with van der Waals surface area (Å²) in [5.41, 5.74) is 2.23. The lowest BCUT2D eigenvalue weighted by Gasteiger charge is -2.08. The molecule has 4 aromatic rings. The van der Waals surface area contributed by atoms with E-state index in [2.05, 4.69) is 4.98 Å². The minimum absolute atomic E-state index is 0.0379. The van der Waals surface area contributed by atoms with Crippen molar-refractivity contribution in [2.45, 2.75) is 4.90 Å². The van der Waals surface area contributed by atoms with Crippen LogP contribution in [0.5, 0.6) is 0 Å². The van der Waals surface area contributed by atoms with E-state index in [0.29, 0.717) is 32.3 Å². The average molecular weight is 462 g/mol. The molecule has 0 aliphatic rings. The van der Waals surface area contributed by atoms with E-state index in [4.69, 9.17) is 11.6 Å². The Morgan fingerprint density at radius 3 is 2.27 bits per heavy atom. The van der Waals surface area contributed by atoms with Crippen LogP contribution in [0.2, 0.25) is 5.02 Å². The summed E-state index contributed by atoms with van der Waals surface area (Å²) in [5, 5.41) is 0.499. The maximum absolute atomic E-state index is 13.6. The first kappa shape index (κ1) is 20.7. The first-order chi connectivity index (χ1) is 14.2. The maximum atomic E-state index is 13.6. The van der Waals surface area contributed by atoms with E-state index in [-0.39, 0.29) is 9.92 Å². The standard InChI is InChI=1S/C22H14ClF2NO2S2/c1-30(27,28)19-5-3-2-4-16(19)21-20(13-6-9-15(24)10-7-13)26-22(29-21)14-8-11-18(25)17(23)12-14/h2-12H,1H3. The molecule has 3 nitrogen and oxygen atoms in total. The van der Waals surface area contributed by atoms with Gasteiger partial charge in [-0.1, -0.05) is 29.8 Å². The van der Waals surface area contributed by atoms with Gasteiger partial charge in [0.1, 0.15) is 16.6 Å². The number of nitrogens with zero attached hydrogens (tertiary/aromatic N) is 1. The smallest absolute Gasteiger partial charge is 0.176 e. The fraction of sp³-hybridized carbons (Fsp3) is 0.0455. The lowest BCUT2D eigenvalue weighted by atomic mass is 10.1. The van der Waals surface area contributed by atoms with Crippen molar-refractivity contribution in [3.8, 4) is 32.3 Å². The maximum Gasteiger partial charge on any atom is 0.176 e. The third-order valence-corrected chi connectivity index (χ3v) is 7.02. The summed E-state index contributed by atoms with van der Waals surface area (Å²) < 4.78 is 51.8. The highest BCUT2D eigenvalue weighted by molar-refractivity contribution is 7.90. The van der Waals surface area contributed by atoms with Gasteiger partial charge in [-0.15, -0.1) is 11.3 Å². The number of rotatable bonds is 4. The molecule has 152 valence electrons. The summed E-state index contributed by atoms with van der Waals surface area (Å²) in [4.78, 5) is 5.45. The number of sulfone groups is 1. The van der Waals surface area contributed by atoms with E-state index < -0.39 is 21.5 Å². The highest BCUT2D eigenvalue weighted by atomic mass is 35.5. The largest absolute Gasteiger partial charge is 0.235 e. The molecule has 4 rings (SSSR count). The number of aromatic nitrogens is 1. The quantitative estimate of drug-likeness (QED) is 0.349. The zero-order chi connectivity index (χ0) is 21.5. The summed E-state index contributed by atoms with van der Waals surface area (Å²) in [6, 6.07) is 16.7. The van der Waals surface area contributed by atoms with Crippen LogP contribution in [0.15, 0.2) is 71.6 Å². The molecule has 0 aliphatic heterocycles. The van der Waals surface area contributed by atoms with Crippen molar-refractivity contribution >= 4 is 32.8 Å². The number of hydrogen-bond donors (Lipinski definition) is 0. The Hall–Kier alpha value is -2.61. The summed E-state index contributed by atoms with van der Waals surface area (Å²) in [7, 11) is -3.51. The summed E-state index contributed by atoms with van der Waals surface area (Å²) in [5.74, 6) is -0.934. The van der Waals surface area contributed by atoms with Crippen molar-refractivity contribution in [3.05, 3.63) is 83.4 Å². The van der Waals surface area contributed by atoms with Crippen LogP contribution in [0.1, 0.15) is 0 Å². The Labute approximate surface area is 181 Å². The Kier molecular flexibility index (Phi) is 5.44. The number of halogens is 3. The van der Waals surface area contributed by atoms with Crippen LogP contribution < -0.4 is 0 Å². The second-order valence-electron chi connectivity index (χ2n) is 6.60. The molecule has 0 fully saturated rings. The lowest BCUT2D eigenvalue weighted by Crippen LogP contribution is -1.99. The van der Waals surface area contributed by atoms with Crippen molar-refractivity contribution in [3.63, 3.8) is 0 Å². The van der Waals surface area contributed by atoms with E-state index in [1.165, 1.54) is 41.7 Å². The fourth-order valence-electron chi connectivity index (χ4n) is 3.04. The zero-order valence-electron chi connectivity index (χ0n) is 15.6. The van der Waals surface area contributed by atoms with Gasteiger partial charge in [-0.05, 0) is 48.5 Å². The van der Waals surface area contributed by atoms with Gasteiger partial charge < -0.3 is 0 Å². The van der Waals surface area contributed by atoms with Gasteiger partial charge >= 0.3 is 0 Å². The first-order valence-electron chi connectivity index (χ1n) is 8.75. The van der Waals surface area contributed by atoms with E-state index in [1.807, 2.05) is 0 Å². The summed E-state index contributed by atoms with van der Waals surface area (Å²) >= 11 is 7.19. The molecule has 1 aromatic heterocycles. The van der Waals surface area contributed by atoms with Crippen molar-refractivity contribution in [1.29, 1.82) is 0 Å². The minimum atomic E-state index is -3.51. The zero-order valence-corrected chi connectivity index (χ0v) is 18.0. The Balaban J connectivity index is 1.99. The molecule has 0 saturated heterocycles. The molecule has 0 radical (unpaired) electrons. The molecule has 8 heteroatoms. The highest BCUT2D eigenvalue weighted by Crippen LogP contribution is 2.43. The van der Waals surface area contributed by atoms with Crippen LogP contribution in [-0.4, -0.2) is 19.7 Å². The van der Waals surface area contributed by atoms with Gasteiger partial charge in [0.05, 0.1) is 20.5 Å². The Bertz CT molecular complexity index is 1350. The van der Waals surface area contributed by atoms with Crippen LogP contribution in [0.4, 0.5) is 8.78 Å². The fourth-order valence-corrected chi connectivity index (χ4v) is 5.30. The highest BCUT2D eigenvalue weighted by Gasteiger charge is 2.22. The van der Waals surface area contributed by atoms with Crippen LogP contribution in [0.3, 0.4) is 0 Å². The third-order valence-electron chi connectivity index (χ3n) is 4.44. The van der Waals surface area contributed by atoms with Gasteiger partial charge in [-0.2, -0.15) is 0 Å². The second-order valence-corrected chi connectivity index (χ2v) is 9.99. The SMILES string of the molecule is CS(=O)(=O)c1ccccc1-c1sc(-c2ccc(F)c(Cl)c2)nc1-c1ccc(F)cc1. The van der Waals surface area contributed by atoms with Crippen molar-refractivity contribution < 1.29 is 17.2 Å². The molecule has 0 atom stereocenters. The van der Waals surface area contributed by atoms with Crippen LogP contribution in [0.25, 0.3) is 32.3 Å². The van der Waals surface area contributed by atoms with E-state index in [0.717, 1.165) is 6.26 Å². The first-order valence-corrected chi connectivity index (χ1v) is 11.8. The predicted molar refractivity (Wildman–Crippen MR) is 116 cm³/mol. The molecular weight excluding hydrogens is 448 g/mol. The predicted octanol–water partition coefficient (Wildman–Crippen LogP) is 6.48. The van der Waals surface area contributed by atoms with E-state index in [9.17, 15) is 17.2 Å². The molecule has 30 heavy (non-hydrogen) atoms. The van der Waals surface area contributed by atoms with Gasteiger partial charge in [0, 0.05) is 22.9 Å². The van der Waals surface area contributed by atoms with Crippen molar-refractivity contribution in [1.82, 2.24) is 4.98 Å². The van der Waals surface area contributed by atoms with Gasteiger partial charge in [0.25, 0.3) is 0 Å². The number of hydrogen-bond acceptors (Lipinski definition) is 4. The van der Waals surface area contributed by atoms with Crippen LogP contribution >= 0.6 is 22.9 Å². The molecule has 0 unspecified atom stereocenters. The summed E-state index contributed by atoms with van der Waals surface area (Å²) in [6.45, 7) is 0. The molecule has 0 spiro atoms. The Morgan fingerprint density at radius 2 is 1.60 bits per heavy atom. The van der Waals surface area contributed by atoms with Crippen molar-refractivity contribution in [2.75, 3.05) is 6.26 Å². The van der Waals surface area contributed by atoms with Crippen LogP contribution in [0, 0.1) is 11.6 Å². The normalized spacial score (nSPS) is 11.6. The molecule has 1 heterocycles. The monoisotopic (exact) mass is 461 g/mol. The van der Waals surface area contributed by atoms with E-state index in [1.54, 1.807) is 36.4 Å². The number of thiazole rings is 1. The van der Waals surface area contributed by atoms with Gasteiger partial charge in [0.2, 0.25) is 0 Å². The molecular formula is C22H14ClF2NO2S2. The van der Waals surface area contributed by atoms with Gasteiger partial charge in [0.15, 0.2) is 9.84 Å². The molecule has 0 N–H and O–H groups in total. The van der Waals surface area contributed by atoms with Crippen LogP contribution in [-0.2, 0) is 9.84 Å². The molecule has 0 amide bonds. The van der Waals surface area contributed by atoms with Gasteiger partial charge in [-0.25, -0.2) is 22.2 Å². The topological polar surface area (TPSA) is 47.0 Å². The molecule has 0 saturated carbocycles. The van der Waals surface area contributed by atoms with Gasteiger partial charge in [-0.3, -0.25) is 0 Å². The molecule has 0 bridgehead atoms. The van der Waals surface area contributed by atoms with Crippen molar-refractivity contribution in [2.24, 2.45) is 0 Å². The lowest BCUT2D eigenvalue weighted by molar-refractivity contribution is 0.602. The number of benzene rings is 3.